The molecule has 0 unspecified atom stereocenters. The molecule has 2 aromatic heterocycles. The average Bonchev–Trinajstić information content (AvgIpc) is 2.80. The maximum atomic E-state index is 11.7. The third-order valence-electron chi connectivity index (χ3n) is 2.13. The third kappa shape index (κ3) is 2.70. The van der Waals surface area contributed by atoms with Crippen LogP contribution in [0.4, 0.5) is 0 Å². The summed E-state index contributed by atoms with van der Waals surface area (Å²) >= 11 is 1.53. The molecule has 0 aliphatic heterocycles. The van der Waals surface area contributed by atoms with Gasteiger partial charge in [-0.05, 0) is 29.7 Å². The maximum Gasteiger partial charge on any atom is 0.328 e. The maximum absolute atomic E-state index is 11.7. The number of thiophene rings is 1. The van der Waals surface area contributed by atoms with Crippen molar-refractivity contribution < 1.29 is 9.90 Å². The third-order valence-corrected chi connectivity index (χ3v) is 3.04. The van der Waals surface area contributed by atoms with Gasteiger partial charge in [-0.15, -0.1) is 11.3 Å². The molecule has 2 N–H and O–H groups in total. The molecular weight excluding hydrogens is 238 g/mol. The molecule has 0 aliphatic rings. The van der Waals surface area contributed by atoms with Crippen LogP contribution in [0, 0.1) is 0 Å². The van der Waals surface area contributed by atoms with Crippen molar-refractivity contribution in [3.63, 3.8) is 0 Å². The van der Waals surface area contributed by atoms with Crippen LogP contribution in [-0.4, -0.2) is 16.1 Å². The van der Waals surface area contributed by atoms with Crippen molar-refractivity contribution in [1.82, 2.24) is 4.98 Å². The van der Waals surface area contributed by atoms with E-state index in [9.17, 15) is 9.59 Å². The lowest BCUT2D eigenvalue weighted by Crippen LogP contribution is -2.09. The number of rotatable bonds is 3. The fourth-order valence-corrected chi connectivity index (χ4v) is 2.06. The highest BCUT2D eigenvalue weighted by Crippen LogP contribution is 2.21. The quantitative estimate of drug-likeness (QED) is 0.817. The molecule has 86 valence electrons. The molecule has 0 aliphatic carbocycles. The molecule has 5 heteroatoms. The second-order valence-corrected chi connectivity index (χ2v) is 4.25. The van der Waals surface area contributed by atoms with Gasteiger partial charge in [-0.1, -0.05) is 6.07 Å². The number of H-pyrrole nitrogens is 1. The first-order valence-electron chi connectivity index (χ1n) is 4.85. The zero-order valence-corrected chi connectivity index (χ0v) is 9.53. The zero-order chi connectivity index (χ0) is 12.3. The Bertz CT molecular complexity index is 611. The van der Waals surface area contributed by atoms with Gasteiger partial charge in [0.15, 0.2) is 0 Å². The number of hydrogen-bond acceptors (Lipinski definition) is 3. The van der Waals surface area contributed by atoms with E-state index in [1.54, 1.807) is 12.1 Å². The molecule has 0 spiro atoms. The Kier molecular flexibility index (Phi) is 3.20. The molecule has 0 amide bonds. The summed E-state index contributed by atoms with van der Waals surface area (Å²) in [6.07, 6.45) is 2.22. The van der Waals surface area contributed by atoms with Crippen LogP contribution in [0.25, 0.3) is 16.6 Å². The van der Waals surface area contributed by atoms with Crippen LogP contribution in [0.5, 0.6) is 0 Å². The molecule has 4 nitrogen and oxygen atoms in total. The summed E-state index contributed by atoms with van der Waals surface area (Å²) in [4.78, 5) is 25.7. The molecule has 2 aromatic rings. The molecule has 2 heterocycles. The second kappa shape index (κ2) is 4.80. The van der Waals surface area contributed by atoms with Crippen LogP contribution in [0.15, 0.2) is 40.5 Å². The van der Waals surface area contributed by atoms with E-state index in [1.807, 2.05) is 17.5 Å². The predicted molar refractivity (Wildman–Crippen MR) is 67.0 cm³/mol. The van der Waals surface area contributed by atoms with E-state index in [1.165, 1.54) is 17.4 Å². The van der Waals surface area contributed by atoms with Gasteiger partial charge < -0.3 is 10.1 Å². The molecule has 0 aromatic carbocycles. The topological polar surface area (TPSA) is 70.2 Å². The molecule has 0 saturated heterocycles. The lowest BCUT2D eigenvalue weighted by atomic mass is 10.2. The molecule has 0 fully saturated rings. The van der Waals surface area contributed by atoms with Gasteiger partial charge in [0.1, 0.15) is 0 Å². The number of aromatic nitrogens is 1. The van der Waals surface area contributed by atoms with Crippen LogP contribution in [-0.2, 0) is 4.79 Å². The van der Waals surface area contributed by atoms with Crippen molar-refractivity contribution in [2.24, 2.45) is 0 Å². The highest BCUT2D eigenvalue weighted by molar-refractivity contribution is 7.13. The normalized spacial score (nSPS) is 10.8. The zero-order valence-electron chi connectivity index (χ0n) is 8.71. The summed E-state index contributed by atoms with van der Waals surface area (Å²) in [5, 5.41) is 10.4. The van der Waals surface area contributed by atoms with Gasteiger partial charge in [0.25, 0.3) is 5.56 Å². The Hall–Kier alpha value is -2.14. The monoisotopic (exact) mass is 247 g/mol. The van der Waals surface area contributed by atoms with Crippen LogP contribution < -0.4 is 5.56 Å². The number of aromatic amines is 1. The van der Waals surface area contributed by atoms with E-state index in [-0.39, 0.29) is 5.56 Å². The molecule has 17 heavy (non-hydrogen) atoms. The number of carboxylic acid groups (broad SMARTS) is 1. The summed E-state index contributed by atoms with van der Waals surface area (Å²) in [5.41, 5.74) is 0.763. The minimum Gasteiger partial charge on any atom is -0.478 e. The first kappa shape index (κ1) is 11.3. The second-order valence-electron chi connectivity index (χ2n) is 3.31. The molecule has 2 rings (SSSR count). The van der Waals surface area contributed by atoms with Gasteiger partial charge >= 0.3 is 5.97 Å². The average molecular weight is 247 g/mol. The molecular formula is C12H9NO3S. The lowest BCUT2D eigenvalue weighted by molar-refractivity contribution is -0.131. The summed E-state index contributed by atoms with van der Waals surface area (Å²) < 4.78 is 0. The van der Waals surface area contributed by atoms with Gasteiger partial charge in [0.05, 0.1) is 10.6 Å². The highest BCUT2D eigenvalue weighted by atomic mass is 32.1. The van der Waals surface area contributed by atoms with Crippen LogP contribution in [0.3, 0.4) is 0 Å². The van der Waals surface area contributed by atoms with Crippen LogP contribution in [0.2, 0.25) is 0 Å². The summed E-state index contributed by atoms with van der Waals surface area (Å²) in [6, 6.07) is 7.17. The Morgan fingerprint density at radius 1 is 1.35 bits per heavy atom. The summed E-state index contributed by atoms with van der Waals surface area (Å²) in [6.45, 7) is 0. The Morgan fingerprint density at radius 2 is 2.18 bits per heavy atom. The van der Waals surface area contributed by atoms with Crippen molar-refractivity contribution in [3.05, 3.63) is 51.6 Å². The smallest absolute Gasteiger partial charge is 0.328 e. The van der Waals surface area contributed by atoms with Gasteiger partial charge in [-0.3, -0.25) is 4.79 Å². The van der Waals surface area contributed by atoms with Crippen molar-refractivity contribution >= 4 is 23.4 Å². The van der Waals surface area contributed by atoms with Gasteiger partial charge in [0, 0.05) is 11.6 Å². The number of hydrogen-bond donors (Lipinski definition) is 2. The van der Waals surface area contributed by atoms with Crippen LogP contribution in [0.1, 0.15) is 5.56 Å². The number of carboxylic acids is 1. The molecule has 0 atom stereocenters. The first-order chi connectivity index (χ1) is 8.16. The largest absolute Gasteiger partial charge is 0.478 e. The number of aliphatic carboxylic acids is 1. The fourth-order valence-electron chi connectivity index (χ4n) is 1.35. The molecule has 0 saturated carbocycles. The van der Waals surface area contributed by atoms with Gasteiger partial charge in [0.2, 0.25) is 0 Å². The van der Waals surface area contributed by atoms with Crippen molar-refractivity contribution in [1.29, 1.82) is 0 Å². The Balaban J connectivity index is 2.36. The van der Waals surface area contributed by atoms with E-state index >= 15 is 0 Å². The highest BCUT2D eigenvalue weighted by Gasteiger charge is 2.02. The SMILES string of the molecule is O=C(O)/C=C/c1ccc(-c2cccs2)[nH]c1=O. The van der Waals surface area contributed by atoms with E-state index in [4.69, 9.17) is 5.11 Å². The standard InChI is InChI=1S/C12H9NO3S/c14-11(15)6-4-8-3-5-9(13-12(8)16)10-2-1-7-17-10/h1-7H,(H,13,16)(H,14,15)/b6-4+. The van der Waals surface area contributed by atoms with Crippen LogP contribution >= 0.6 is 11.3 Å². The van der Waals surface area contributed by atoms with Gasteiger partial charge in [-0.25, -0.2) is 4.79 Å². The number of nitrogens with one attached hydrogen (secondary N) is 1. The summed E-state index contributed by atoms with van der Waals surface area (Å²) in [7, 11) is 0. The molecule has 0 bridgehead atoms. The van der Waals surface area contributed by atoms with Crippen molar-refractivity contribution in [3.8, 4) is 10.6 Å². The van der Waals surface area contributed by atoms with E-state index in [2.05, 4.69) is 4.98 Å². The Morgan fingerprint density at radius 3 is 2.76 bits per heavy atom. The predicted octanol–water partition coefficient (Wildman–Crippen LogP) is 2.20. The first-order valence-corrected chi connectivity index (χ1v) is 5.73. The van der Waals surface area contributed by atoms with E-state index < -0.39 is 5.97 Å². The minimum atomic E-state index is -1.08. The van der Waals surface area contributed by atoms with Crippen molar-refractivity contribution in [2.75, 3.05) is 0 Å². The fraction of sp³-hybridized carbons (Fsp3) is 0. The van der Waals surface area contributed by atoms with E-state index in [0.29, 0.717) is 5.56 Å². The minimum absolute atomic E-state index is 0.298. The van der Waals surface area contributed by atoms with Gasteiger partial charge in [-0.2, -0.15) is 0 Å². The lowest BCUT2D eigenvalue weighted by Gasteiger charge is -1.98. The number of carbonyl (C=O) groups is 1. The Labute approximate surface area is 101 Å². The number of pyridine rings is 1. The molecule has 0 radical (unpaired) electrons. The van der Waals surface area contributed by atoms with E-state index in [0.717, 1.165) is 16.6 Å². The van der Waals surface area contributed by atoms with Crippen molar-refractivity contribution in [2.45, 2.75) is 0 Å². The summed E-state index contributed by atoms with van der Waals surface area (Å²) in [5.74, 6) is -1.08.